The van der Waals surface area contributed by atoms with E-state index in [1.165, 1.54) is 12.1 Å². The van der Waals surface area contributed by atoms with E-state index in [2.05, 4.69) is 5.32 Å². The Morgan fingerprint density at radius 2 is 1.89 bits per heavy atom. The summed E-state index contributed by atoms with van der Waals surface area (Å²) in [5.74, 6) is -3.01. The van der Waals surface area contributed by atoms with Crippen molar-refractivity contribution in [3.05, 3.63) is 82.0 Å². The molecule has 0 radical (unpaired) electrons. The van der Waals surface area contributed by atoms with Gasteiger partial charge in [-0.1, -0.05) is 42.5 Å². The molecule has 144 valence electrons. The largest absolute Gasteiger partial charge is 0.480 e. The van der Waals surface area contributed by atoms with Gasteiger partial charge in [-0.3, -0.25) is 4.79 Å². The van der Waals surface area contributed by atoms with Gasteiger partial charge in [0.2, 0.25) is 0 Å². The molecule has 1 atom stereocenters. The minimum atomic E-state index is -1.38. The number of hydrogen-bond acceptors (Lipinski definition) is 5. The van der Waals surface area contributed by atoms with Crippen LogP contribution in [0.4, 0.5) is 4.39 Å². The standard InChI is InChI=1S/C20H16FNO6/c21-15-8-4-7-13-9-14(20(26)28-17(13)15)18(23)22-16(19(24)25)11-27-10-12-5-2-1-3-6-12/h1-9,16H,10-11H2,(H,22,23)(H,24,25)/t16-/m0/s1. The summed E-state index contributed by atoms with van der Waals surface area (Å²) in [6, 6.07) is 12.9. The van der Waals surface area contributed by atoms with Crippen molar-refractivity contribution in [3.63, 3.8) is 0 Å². The predicted octanol–water partition coefficient (Wildman–Crippen LogP) is 2.33. The number of amides is 1. The highest BCUT2D eigenvalue weighted by Crippen LogP contribution is 2.16. The van der Waals surface area contributed by atoms with Crippen LogP contribution in [0.3, 0.4) is 0 Å². The molecule has 3 rings (SSSR count). The number of halogens is 1. The van der Waals surface area contributed by atoms with E-state index >= 15 is 0 Å². The zero-order chi connectivity index (χ0) is 20.1. The molecule has 0 fully saturated rings. The van der Waals surface area contributed by atoms with Crippen molar-refractivity contribution in [2.24, 2.45) is 0 Å². The molecular formula is C20H16FNO6. The normalized spacial score (nSPS) is 11.9. The molecule has 0 spiro atoms. The Bertz CT molecular complexity index is 1060. The number of ether oxygens (including phenoxy) is 1. The molecule has 28 heavy (non-hydrogen) atoms. The minimum Gasteiger partial charge on any atom is -0.480 e. The van der Waals surface area contributed by atoms with Gasteiger partial charge in [0.25, 0.3) is 5.91 Å². The molecule has 0 aliphatic rings. The molecule has 1 aromatic heterocycles. The molecule has 2 aromatic carbocycles. The van der Waals surface area contributed by atoms with Crippen LogP contribution < -0.4 is 10.9 Å². The first kappa shape index (κ1) is 19.2. The summed E-state index contributed by atoms with van der Waals surface area (Å²) in [6.45, 7) is -0.138. The van der Waals surface area contributed by atoms with E-state index < -0.39 is 34.9 Å². The number of carbonyl (C=O) groups excluding carboxylic acids is 1. The lowest BCUT2D eigenvalue weighted by atomic mass is 10.1. The Morgan fingerprint density at radius 1 is 1.14 bits per heavy atom. The molecule has 0 bridgehead atoms. The number of carbonyl (C=O) groups is 2. The molecule has 0 aliphatic carbocycles. The van der Waals surface area contributed by atoms with Gasteiger partial charge in [-0.2, -0.15) is 0 Å². The van der Waals surface area contributed by atoms with Gasteiger partial charge in [0.1, 0.15) is 5.56 Å². The van der Waals surface area contributed by atoms with Gasteiger partial charge in [0.15, 0.2) is 17.4 Å². The predicted molar refractivity (Wildman–Crippen MR) is 97.4 cm³/mol. The van der Waals surface area contributed by atoms with E-state index in [9.17, 15) is 23.9 Å². The maximum Gasteiger partial charge on any atom is 0.349 e. The SMILES string of the molecule is O=C(N[C@@H](COCc1ccccc1)C(=O)O)c1cc2cccc(F)c2oc1=O. The third kappa shape index (κ3) is 4.41. The van der Waals surface area contributed by atoms with Gasteiger partial charge in [-0.25, -0.2) is 14.0 Å². The fourth-order valence-corrected chi connectivity index (χ4v) is 2.55. The Hall–Kier alpha value is -3.52. The van der Waals surface area contributed by atoms with Crippen LogP contribution in [0.15, 0.2) is 63.8 Å². The summed E-state index contributed by atoms with van der Waals surface area (Å²) in [6.07, 6.45) is 0. The average Bonchev–Trinajstić information content (AvgIpc) is 2.68. The third-order valence-corrected chi connectivity index (χ3v) is 3.96. The first-order chi connectivity index (χ1) is 13.5. The molecule has 2 N–H and O–H groups in total. The molecule has 0 saturated heterocycles. The molecule has 1 heterocycles. The lowest BCUT2D eigenvalue weighted by Crippen LogP contribution is -2.45. The molecule has 3 aromatic rings. The van der Waals surface area contributed by atoms with Gasteiger partial charge < -0.3 is 19.6 Å². The highest BCUT2D eigenvalue weighted by molar-refractivity contribution is 5.98. The number of aliphatic carboxylic acids is 1. The fraction of sp³-hybridized carbons (Fsp3) is 0.150. The Balaban J connectivity index is 1.72. The van der Waals surface area contributed by atoms with Crippen LogP contribution >= 0.6 is 0 Å². The molecule has 7 nitrogen and oxygen atoms in total. The van der Waals surface area contributed by atoms with E-state index in [0.29, 0.717) is 0 Å². The average molecular weight is 385 g/mol. The molecule has 0 unspecified atom stereocenters. The van der Waals surface area contributed by atoms with Gasteiger partial charge in [-0.15, -0.1) is 0 Å². The Morgan fingerprint density at radius 3 is 2.61 bits per heavy atom. The second kappa shape index (κ2) is 8.45. The van der Waals surface area contributed by atoms with Gasteiger partial charge in [0, 0.05) is 5.39 Å². The zero-order valence-corrected chi connectivity index (χ0v) is 14.6. The number of carboxylic acids is 1. The van der Waals surface area contributed by atoms with E-state index in [0.717, 1.165) is 17.7 Å². The van der Waals surface area contributed by atoms with Crippen LogP contribution in [0.5, 0.6) is 0 Å². The second-order valence-corrected chi connectivity index (χ2v) is 5.97. The highest BCUT2D eigenvalue weighted by Gasteiger charge is 2.23. The summed E-state index contributed by atoms with van der Waals surface area (Å²) in [5.41, 5.74) is -0.919. The van der Waals surface area contributed by atoms with Crippen molar-refractivity contribution in [2.75, 3.05) is 6.61 Å². The topological polar surface area (TPSA) is 106 Å². The van der Waals surface area contributed by atoms with Gasteiger partial charge >= 0.3 is 11.6 Å². The lowest BCUT2D eigenvalue weighted by molar-refractivity contribution is -0.141. The summed E-state index contributed by atoms with van der Waals surface area (Å²) >= 11 is 0. The van der Waals surface area contributed by atoms with E-state index in [1.54, 1.807) is 0 Å². The number of para-hydroxylation sites is 1. The maximum absolute atomic E-state index is 13.7. The number of nitrogens with one attached hydrogen (secondary N) is 1. The molecule has 8 heteroatoms. The number of hydrogen-bond donors (Lipinski definition) is 2. The zero-order valence-electron chi connectivity index (χ0n) is 14.6. The summed E-state index contributed by atoms with van der Waals surface area (Å²) in [7, 11) is 0. The van der Waals surface area contributed by atoms with Crippen molar-refractivity contribution in [1.29, 1.82) is 0 Å². The Kier molecular flexibility index (Phi) is 5.81. The van der Waals surface area contributed by atoms with Crippen LogP contribution in [-0.4, -0.2) is 29.6 Å². The lowest BCUT2D eigenvalue weighted by Gasteiger charge is -2.14. The number of rotatable bonds is 7. The smallest absolute Gasteiger partial charge is 0.349 e. The highest BCUT2D eigenvalue weighted by atomic mass is 19.1. The van der Waals surface area contributed by atoms with E-state index in [-0.39, 0.29) is 24.2 Å². The minimum absolute atomic E-state index is 0.165. The molecule has 0 aliphatic heterocycles. The van der Waals surface area contributed by atoms with Crippen molar-refractivity contribution < 1.29 is 28.2 Å². The number of carboxylic acid groups (broad SMARTS) is 1. The third-order valence-electron chi connectivity index (χ3n) is 3.96. The number of benzene rings is 2. The monoisotopic (exact) mass is 385 g/mol. The molecule has 1 amide bonds. The van der Waals surface area contributed by atoms with Gasteiger partial charge in [-0.05, 0) is 17.7 Å². The van der Waals surface area contributed by atoms with Crippen LogP contribution in [0.25, 0.3) is 11.0 Å². The van der Waals surface area contributed by atoms with E-state index in [1.807, 2.05) is 30.3 Å². The van der Waals surface area contributed by atoms with Crippen molar-refractivity contribution >= 4 is 22.8 Å². The van der Waals surface area contributed by atoms with Crippen molar-refractivity contribution in [3.8, 4) is 0 Å². The summed E-state index contributed by atoms with van der Waals surface area (Å²) < 4.78 is 23.9. The quantitative estimate of drug-likeness (QED) is 0.605. The first-order valence-electron chi connectivity index (χ1n) is 8.33. The van der Waals surface area contributed by atoms with Gasteiger partial charge in [0.05, 0.1) is 13.2 Å². The molecular weight excluding hydrogens is 369 g/mol. The summed E-state index contributed by atoms with van der Waals surface area (Å²) in [4.78, 5) is 35.8. The van der Waals surface area contributed by atoms with Crippen LogP contribution in [0.1, 0.15) is 15.9 Å². The number of fused-ring (bicyclic) bond motifs is 1. The van der Waals surface area contributed by atoms with E-state index in [4.69, 9.17) is 9.15 Å². The summed E-state index contributed by atoms with van der Waals surface area (Å²) in [5, 5.41) is 11.7. The second-order valence-electron chi connectivity index (χ2n) is 5.97. The first-order valence-corrected chi connectivity index (χ1v) is 8.33. The van der Waals surface area contributed by atoms with Crippen LogP contribution in [0.2, 0.25) is 0 Å². The van der Waals surface area contributed by atoms with Crippen molar-refractivity contribution in [2.45, 2.75) is 12.6 Å². The van der Waals surface area contributed by atoms with Crippen LogP contribution in [0, 0.1) is 5.82 Å². The Labute approximate surface area is 158 Å². The fourth-order valence-electron chi connectivity index (χ4n) is 2.55. The van der Waals surface area contributed by atoms with Crippen molar-refractivity contribution in [1.82, 2.24) is 5.32 Å². The van der Waals surface area contributed by atoms with Crippen LogP contribution in [-0.2, 0) is 16.1 Å². The maximum atomic E-state index is 13.7. The molecule has 0 saturated carbocycles.